The summed E-state index contributed by atoms with van der Waals surface area (Å²) < 4.78 is 36.6. The van der Waals surface area contributed by atoms with Crippen molar-refractivity contribution >= 4 is 57.7 Å². The molecule has 80 heavy (non-hydrogen) atoms. The lowest BCUT2D eigenvalue weighted by molar-refractivity contribution is -0.149. The van der Waals surface area contributed by atoms with E-state index in [0.717, 1.165) is 51.2 Å². The van der Waals surface area contributed by atoms with Gasteiger partial charge >= 0.3 is 10.4 Å². The molecule has 1 aromatic rings. The smallest absolute Gasteiger partial charge is 0.446 e. The van der Waals surface area contributed by atoms with Crippen molar-refractivity contribution in [2.75, 3.05) is 13.1 Å². The van der Waals surface area contributed by atoms with Gasteiger partial charge in [-0.3, -0.25) is 42.9 Å². The first kappa shape index (κ1) is 66.7. The largest absolute Gasteiger partial charge is 0.504 e. The molecule has 15 atom stereocenters. The van der Waals surface area contributed by atoms with Crippen molar-refractivity contribution < 1.29 is 101 Å². The highest BCUT2D eigenvalue weighted by Gasteiger charge is 2.51. The molecule has 3 aliphatic heterocycles. The topological polar surface area (TPSA) is 475 Å². The predicted molar refractivity (Wildman–Crippen MR) is 278 cm³/mol. The summed E-state index contributed by atoms with van der Waals surface area (Å²) in [5, 5.41) is 111. The van der Waals surface area contributed by atoms with Gasteiger partial charge in [0, 0.05) is 38.3 Å². The van der Waals surface area contributed by atoms with Crippen LogP contribution in [0.3, 0.4) is 0 Å². The highest BCUT2D eigenvalue weighted by atomic mass is 32.3. The van der Waals surface area contributed by atoms with Gasteiger partial charge in [-0.25, -0.2) is 0 Å². The number of benzene rings is 1. The molecule has 3 fully saturated rings. The van der Waals surface area contributed by atoms with Crippen LogP contribution in [0.1, 0.15) is 135 Å². The minimum absolute atomic E-state index is 0.114. The van der Waals surface area contributed by atoms with Crippen LogP contribution in [-0.4, -0.2) is 208 Å². The summed E-state index contributed by atoms with van der Waals surface area (Å²) in [4.78, 5) is 113. The van der Waals surface area contributed by atoms with Crippen LogP contribution in [0, 0.1) is 5.92 Å². The monoisotopic (exact) mass is 1160 g/mol. The average Bonchev–Trinajstić information content (AvgIpc) is 3.92. The van der Waals surface area contributed by atoms with E-state index in [1.807, 2.05) is 10.6 Å². The van der Waals surface area contributed by atoms with Crippen molar-refractivity contribution in [2.24, 2.45) is 11.7 Å². The first-order valence-electron chi connectivity index (χ1n) is 26.9. The van der Waals surface area contributed by atoms with Gasteiger partial charge in [-0.05, 0) is 31.0 Å². The van der Waals surface area contributed by atoms with E-state index < -0.39 is 198 Å². The molecular formula is C50H80N8O21S. The second kappa shape index (κ2) is 30.8. The number of nitrogens with two attached hydrogens (primary N) is 1. The van der Waals surface area contributed by atoms with Crippen LogP contribution in [0.2, 0.25) is 0 Å². The lowest BCUT2D eigenvalue weighted by atomic mass is 9.96. The van der Waals surface area contributed by atoms with E-state index in [-0.39, 0.29) is 6.42 Å². The molecule has 0 aliphatic carbocycles. The molecule has 1 aromatic carbocycles. The molecule has 3 aliphatic rings. The van der Waals surface area contributed by atoms with E-state index in [1.165, 1.54) is 39.0 Å². The Kier molecular flexibility index (Phi) is 25.7. The minimum atomic E-state index is -5.33. The summed E-state index contributed by atoms with van der Waals surface area (Å²) in [7, 11) is -5.33. The second-order valence-electron chi connectivity index (χ2n) is 20.9. The number of nitrogens with zero attached hydrogens (tertiary/aromatic N) is 2. The third-order valence-electron chi connectivity index (χ3n) is 14.4. The fraction of sp³-hybridized carbons (Fsp3) is 0.720. The van der Waals surface area contributed by atoms with Gasteiger partial charge in [0.1, 0.15) is 54.6 Å². The third kappa shape index (κ3) is 19.1. The van der Waals surface area contributed by atoms with E-state index in [1.54, 1.807) is 0 Å². The number of phenolic OH excluding ortho intramolecular Hbond substituents is 1. The number of carbonyl (C=O) groups is 8. The third-order valence-corrected chi connectivity index (χ3v) is 14.7. The van der Waals surface area contributed by atoms with Crippen LogP contribution < -0.4 is 36.5 Å². The van der Waals surface area contributed by atoms with E-state index in [0.29, 0.717) is 28.7 Å². The predicted octanol–water partition coefficient (Wildman–Crippen LogP) is -4.02. The highest BCUT2D eigenvalue weighted by molar-refractivity contribution is 7.81. The van der Waals surface area contributed by atoms with Gasteiger partial charge in [-0.2, -0.15) is 8.42 Å². The van der Waals surface area contributed by atoms with Gasteiger partial charge < -0.3 is 92.3 Å². The normalized spacial score (nSPS) is 28.2. The maximum atomic E-state index is 14.6. The molecule has 452 valence electrons. The Morgan fingerprint density at radius 3 is 1.89 bits per heavy atom. The number of aliphatic hydroxyl groups excluding tert-OH is 8. The lowest BCUT2D eigenvalue weighted by Gasteiger charge is -2.34. The fourth-order valence-electron chi connectivity index (χ4n) is 9.90. The zero-order valence-corrected chi connectivity index (χ0v) is 45.8. The van der Waals surface area contributed by atoms with Crippen LogP contribution in [-0.2, 0) is 48.8 Å². The molecule has 0 bridgehead atoms. The molecule has 0 unspecified atom stereocenters. The first-order chi connectivity index (χ1) is 37.6. The molecule has 8 amide bonds. The van der Waals surface area contributed by atoms with E-state index >= 15 is 0 Å². The number of fused-ring (bicyclic) bond motifs is 2. The molecule has 4 rings (SSSR count). The van der Waals surface area contributed by atoms with Gasteiger partial charge in [-0.1, -0.05) is 90.5 Å². The maximum absolute atomic E-state index is 14.6. The Labute approximate surface area is 462 Å². The number of phenols is 1. The second-order valence-corrected chi connectivity index (χ2v) is 21.9. The van der Waals surface area contributed by atoms with Crippen LogP contribution >= 0.6 is 0 Å². The lowest BCUT2D eigenvalue weighted by Crippen LogP contribution is -2.64. The van der Waals surface area contributed by atoms with Gasteiger partial charge in [0.2, 0.25) is 47.3 Å². The maximum Gasteiger partial charge on any atom is 0.446 e. The number of hydrogen-bond donors (Lipinski definition) is 16. The molecule has 0 spiro atoms. The number of nitrogens with one attached hydrogen (secondary N) is 5. The van der Waals surface area contributed by atoms with Gasteiger partial charge in [-0.15, -0.1) is 0 Å². The molecule has 29 nitrogen and oxygen atoms in total. The summed E-state index contributed by atoms with van der Waals surface area (Å²) in [6, 6.07) is -10.5. The van der Waals surface area contributed by atoms with Crippen LogP contribution in [0.4, 0.5) is 0 Å². The SMILES string of the molecule is CCCCCCCCCCCCCCC(=O)N[C@H]1C[C@@H](O)[C@@H](O)NC(=O)[C@@H]2[C@@H](O)[C@@H](C)CN2C(=O)[C@H]([C@H](O)CC(N)=O)NC(=O)[C@H]([C@H](O)[C@@H](O)c2ccc(O)c(OS(=O)(=O)O)c2)NC(=O)[C@@H]2C[C@@H](O)CN2C(=O)[C@H]([C@@H](C)O)NC1=O. The molecule has 17 N–H and O–H groups in total. The molecule has 0 radical (unpaired) electrons. The molecular weight excluding hydrogens is 1080 g/mol. The fourth-order valence-corrected chi connectivity index (χ4v) is 10.3. The number of rotatable bonds is 23. The van der Waals surface area contributed by atoms with E-state index in [4.69, 9.17) is 5.73 Å². The van der Waals surface area contributed by atoms with Crippen molar-refractivity contribution in [3.05, 3.63) is 23.8 Å². The van der Waals surface area contributed by atoms with Crippen LogP contribution in [0.25, 0.3) is 0 Å². The zero-order valence-electron chi connectivity index (χ0n) is 45.0. The summed E-state index contributed by atoms with van der Waals surface area (Å²) in [5.41, 5.74) is 4.75. The molecule has 0 aromatic heterocycles. The number of carbonyl (C=O) groups excluding carboxylic acids is 8. The Morgan fingerprint density at radius 1 is 0.750 bits per heavy atom. The number of aliphatic hydroxyl groups is 8. The molecule has 30 heteroatoms. The molecule has 3 heterocycles. The Morgan fingerprint density at radius 2 is 1.31 bits per heavy atom. The van der Waals surface area contributed by atoms with Gasteiger partial charge in [0.15, 0.2) is 17.7 Å². The summed E-state index contributed by atoms with van der Waals surface area (Å²) in [6.07, 6.45) is -7.74. The summed E-state index contributed by atoms with van der Waals surface area (Å²) in [6.45, 7) is 3.38. The van der Waals surface area contributed by atoms with Gasteiger partial charge in [0.25, 0.3) is 0 Å². The quantitative estimate of drug-likeness (QED) is 0.0367. The van der Waals surface area contributed by atoms with Gasteiger partial charge in [0.05, 0.1) is 30.8 Å². The Balaban J connectivity index is 1.76. The zero-order chi connectivity index (χ0) is 59.8. The summed E-state index contributed by atoms with van der Waals surface area (Å²) in [5.74, 6) is -13.3. The van der Waals surface area contributed by atoms with Crippen molar-refractivity contribution in [3.8, 4) is 11.5 Å². The highest BCUT2D eigenvalue weighted by Crippen LogP contribution is 2.33. The Hall–Kier alpha value is -5.83. The first-order valence-corrected chi connectivity index (χ1v) is 28.3. The molecule has 3 saturated heterocycles. The standard InChI is InChI=1S/C50H80N8O21S/c1-4-5-6-7-8-9-10-11-12-13-14-15-16-36(65)52-29-21-33(63)46(71)56-48(73)40-41(66)25(2)23-58(40)50(75)38(32(62)22-35(51)64)54-47(72)39(43(68)42(67)27-17-18-31(61)34(19-27)79-80(76,77)78)55-45(70)30-20-28(60)24-57(30)49(74)37(26(3)59)53-44(29)69/h17-19,25-26,28-30,32-33,37-43,46,59-63,66-68,71H,4-16,20-24H2,1-3H3,(H2,51,64)(H,52,65)(H,53,69)(H,54,72)(H,55,70)(H,56,73)(H,76,77,78)/t25-,26+,28+,29-,30-,32+,33+,37-,38-,39-,40-,41-,42-,43-,46+/m0/s1. The number of unbranched alkanes of at least 4 members (excludes halogenated alkanes) is 11. The van der Waals surface area contributed by atoms with E-state index in [9.17, 15) is 97.3 Å². The number of aromatic hydroxyl groups is 1. The minimum Gasteiger partial charge on any atom is -0.504 e. The van der Waals surface area contributed by atoms with Crippen molar-refractivity contribution in [2.45, 2.75) is 209 Å². The average molecular weight is 1160 g/mol. The number of hydrogen-bond acceptors (Lipinski definition) is 20. The summed E-state index contributed by atoms with van der Waals surface area (Å²) >= 11 is 0. The van der Waals surface area contributed by atoms with Crippen LogP contribution in [0.5, 0.6) is 11.5 Å². The van der Waals surface area contributed by atoms with E-state index in [2.05, 4.69) is 27.1 Å². The van der Waals surface area contributed by atoms with Crippen molar-refractivity contribution in [1.82, 2.24) is 36.4 Å². The van der Waals surface area contributed by atoms with Crippen LogP contribution in [0.15, 0.2) is 18.2 Å². The van der Waals surface area contributed by atoms with Crippen molar-refractivity contribution in [3.63, 3.8) is 0 Å². The van der Waals surface area contributed by atoms with Crippen molar-refractivity contribution in [1.29, 1.82) is 0 Å². The number of primary amides is 1. The Bertz CT molecular complexity index is 2420. The molecule has 0 saturated carbocycles. The number of amides is 8.